The van der Waals surface area contributed by atoms with Crippen molar-refractivity contribution in [1.29, 1.82) is 0 Å². The van der Waals surface area contributed by atoms with Crippen LogP contribution >= 0.6 is 23.2 Å². The molecule has 0 fully saturated rings. The van der Waals surface area contributed by atoms with E-state index >= 15 is 0 Å². The number of halogens is 2. The van der Waals surface area contributed by atoms with E-state index in [0.29, 0.717) is 27.2 Å². The smallest absolute Gasteiger partial charge is 0.244 e. The van der Waals surface area contributed by atoms with Crippen molar-refractivity contribution in [2.24, 2.45) is 0 Å². The summed E-state index contributed by atoms with van der Waals surface area (Å²) < 4.78 is 5.06. The van der Waals surface area contributed by atoms with Gasteiger partial charge in [0.15, 0.2) is 0 Å². The van der Waals surface area contributed by atoms with E-state index in [4.69, 9.17) is 27.9 Å². The number of anilines is 2. The van der Waals surface area contributed by atoms with Gasteiger partial charge in [0.05, 0.1) is 12.1 Å². The Kier molecular flexibility index (Phi) is 6.06. The summed E-state index contributed by atoms with van der Waals surface area (Å²) in [7, 11) is 1.51. The maximum atomic E-state index is 12.2. The monoisotopic (exact) mass is 366 g/mol. The van der Waals surface area contributed by atoms with Gasteiger partial charge in [0.2, 0.25) is 11.8 Å². The van der Waals surface area contributed by atoms with Crippen LogP contribution in [0.2, 0.25) is 10.0 Å². The van der Waals surface area contributed by atoms with Crippen molar-refractivity contribution in [2.45, 2.75) is 6.92 Å². The predicted molar refractivity (Wildman–Crippen MR) is 96.1 cm³/mol. The van der Waals surface area contributed by atoms with Gasteiger partial charge in [0.1, 0.15) is 12.3 Å². The first-order chi connectivity index (χ1) is 11.4. The Bertz CT molecular complexity index is 748. The SMILES string of the molecule is COc1ccc(NC(=O)CN(C(C)=O)c2ccc(Cl)cc2)cc1Cl. The normalized spacial score (nSPS) is 10.2. The van der Waals surface area contributed by atoms with E-state index in [1.54, 1.807) is 42.5 Å². The molecule has 2 rings (SSSR count). The summed E-state index contributed by atoms with van der Waals surface area (Å²) in [4.78, 5) is 25.4. The zero-order valence-corrected chi connectivity index (χ0v) is 14.7. The molecule has 0 saturated heterocycles. The van der Waals surface area contributed by atoms with E-state index in [0.717, 1.165) is 0 Å². The maximum absolute atomic E-state index is 12.2. The first-order valence-corrected chi connectivity index (χ1v) is 7.83. The number of hydrogen-bond donors (Lipinski definition) is 1. The Labute approximate surface area is 150 Å². The van der Waals surface area contributed by atoms with E-state index in [1.807, 2.05) is 0 Å². The fourth-order valence-corrected chi connectivity index (χ4v) is 2.48. The standard InChI is InChI=1S/C17H16Cl2N2O3/c1-11(22)21(14-6-3-12(18)4-7-14)10-17(23)20-13-5-8-16(24-2)15(19)9-13/h3-9H,10H2,1-2H3,(H,20,23). The molecule has 0 unspecified atom stereocenters. The lowest BCUT2D eigenvalue weighted by Crippen LogP contribution is -2.36. The average Bonchev–Trinajstić information content (AvgIpc) is 2.53. The molecule has 0 heterocycles. The number of methoxy groups -OCH3 is 1. The van der Waals surface area contributed by atoms with Gasteiger partial charge >= 0.3 is 0 Å². The van der Waals surface area contributed by atoms with Gasteiger partial charge in [-0.2, -0.15) is 0 Å². The number of benzene rings is 2. The number of carbonyl (C=O) groups excluding carboxylic acids is 2. The van der Waals surface area contributed by atoms with Crippen LogP contribution in [0.4, 0.5) is 11.4 Å². The first kappa shape index (κ1) is 18.1. The van der Waals surface area contributed by atoms with Gasteiger partial charge < -0.3 is 15.0 Å². The largest absolute Gasteiger partial charge is 0.495 e. The zero-order chi connectivity index (χ0) is 17.7. The number of hydrogen-bond acceptors (Lipinski definition) is 3. The number of rotatable bonds is 5. The predicted octanol–water partition coefficient (Wildman–Crippen LogP) is 3.99. The van der Waals surface area contributed by atoms with Crippen molar-refractivity contribution in [2.75, 3.05) is 23.9 Å². The number of ether oxygens (including phenoxy) is 1. The highest BCUT2D eigenvalue weighted by molar-refractivity contribution is 6.32. The Hall–Kier alpha value is -2.24. The molecule has 2 amide bonds. The molecule has 24 heavy (non-hydrogen) atoms. The molecular weight excluding hydrogens is 351 g/mol. The Morgan fingerprint density at radius 3 is 2.33 bits per heavy atom. The molecule has 0 atom stereocenters. The van der Waals surface area contributed by atoms with Crippen LogP contribution in [0, 0.1) is 0 Å². The van der Waals surface area contributed by atoms with Crippen molar-refractivity contribution in [3.05, 3.63) is 52.5 Å². The van der Waals surface area contributed by atoms with Gasteiger partial charge in [0, 0.05) is 23.3 Å². The third-order valence-corrected chi connectivity index (χ3v) is 3.80. The minimum absolute atomic E-state index is 0.124. The zero-order valence-electron chi connectivity index (χ0n) is 13.2. The van der Waals surface area contributed by atoms with Gasteiger partial charge in [-0.15, -0.1) is 0 Å². The summed E-state index contributed by atoms with van der Waals surface area (Å²) in [6, 6.07) is 11.6. The number of nitrogens with one attached hydrogen (secondary N) is 1. The van der Waals surface area contributed by atoms with Gasteiger partial charge in [-0.05, 0) is 42.5 Å². The molecule has 0 aliphatic carbocycles. The van der Waals surface area contributed by atoms with Crippen LogP contribution in [0.25, 0.3) is 0 Å². The summed E-state index contributed by atoms with van der Waals surface area (Å²) in [5.41, 5.74) is 1.11. The average molecular weight is 367 g/mol. The van der Waals surface area contributed by atoms with Crippen molar-refractivity contribution >= 4 is 46.4 Å². The fraction of sp³-hybridized carbons (Fsp3) is 0.176. The Morgan fingerprint density at radius 1 is 1.12 bits per heavy atom. The molecule has 0 aliphatic rings. The van der Waals surface area contributed by atoms with E-state index in [-0.39, 0.29) is 18.4 Å². The summed E-state index contributed by atoms with van der Waals surface area (Å²) in [5.74, 6) is -0.0807. The molecule has 5 nitrogen and oxygen atoms in total. The van der Waals surface area contributed by atoms with Gasteiger partial charge in [-0.1, -0.05) is 23.2 Å². The molecule has 0 bridgehead atoms. The second-order valence-electron chi connectivity index (χ2n) is 4.98. The topological polar surface area (TPSA) is 58.6 Å². The first-order valence-electron chi connectivity index (χ1n) is 7.07. The number of nitrogens with zero attached hydrogens (tertiary/aromatic N) is 1. The lowest BCUT2D eigenvalue weighted by Gasteiger charge is -2.20. The van der Waals surface area contributed by atoms with Gasteiger partial charge in [0.25, 0.3) is 0 Å². The van der Waals surface area contributed by atoms with Crippen molar-refractivity contribution in [1.82, 2.24) is 0 Å². The lowest BCUT2D eigenvalue weighted by molar-refractivity contribution is -0.120. The highest BCUT2D eigenvalue weighted by atomic mass is 35.5. The van der Waals surface area contributed by atoms with Gasteiger partial charge in [-0.25, -0.2) is 0 Å². The van der Waals surface area contributed by atoms with Crippen LogP contribution in [0.15, 0.2) is 42.5 Å². The molecule has 126 valence electrons. The number of carbonyl (C=O) groups is 2. The van der Waals surface area contributed by atoms with E-state index in [1.165, 1.54) is 18.9 Å². The van der Waals surface area contributed by atoms with E-state index < -0.39 is 0 Å². The molecule has 0 aliphatic heterocycles. The summed E-state index contributed by atoms with van der Waals surface area (Å²) in [6.07, 6.45) is 0. The highest BCUT2D eigenvalue weighted by Gasteiger charge is 2.16. The molecular formula is C17H16Cl2N2O3. The third kappa shape index (κ3) is 4.63. The molecule has 0 radical (unpaired) electrons. The molecule has 1 N–H and O–H groups in total. The third-order valence-electron chi connectivity index (χ3n) is 3.26. The molecule has 0 spiro atoms. The number of amides is 2. The second-order valence-corrected chi connectivity index (χ2v) is 5.82. The van der Waals surface area contributed by atoms with Gasteiger partial charge in [-0.3, -0.25) is 9.59 Å². The van der Waals surface area contributed by atoms with Crippen LogP contribution in [-0.2, 0) is 9.59 Å². The van der Waals surface area contributed by atoms with Crippen LogP contribution in [0.1, 0.15) is 6.92 Å². The van der Waals surface area contributed by atoms with Crippen LogP contribution in [-0.4, -0.2) is 25.5 Å². The minimum atomic E-state index is -0.346. The van der Waals surface area contributed by atoms with Crippen molar-refractivity contribution in [3.8, 4) is 5.75 Å². The molecule has 0 saturated carbocycles. The quantitative estimate of drug-likeness (QED) is 0.869. The summed E-state index contributed by atoms with van der Waals surface area (Å²) >= 11 is 11.9. The van der Waals surface area contributed by atoms with Crippen LogP contribution in [0.5, 0.6) is 5.75 Å². The van der Waals surface area contributed by atoms with Crippen molar-refractivity contribution < 1.29 is 14.3 Å². The summed E-state index contributed by atoms with van der Waals surface area (Å²) in [5, 5.41) is 3.64. The summed E-state index contributed by atoms with van der Waals surface area (Å²) in [6.45, 7) is 1.27. The second kappa shape index (κ2) is 8.04. The molecule has 0 aromatic heterocycles. The Balaban J connectivity index is 2.09. The van der Waals surface area contributed by atoms with Crippen molar-refractivity contribution in [3.63, 3.8) is 0 Å². The van der Waals surface area contributed by atoms with Crippen LogP contribution in [0.3, 0.4) is 0 Å². The molecule has 2 aromatic carbocycles. The molecule has 2 aromatic rings. The maximum Gasteiger partial charge on any atom is 0.244 e. The highest BCUT2D eigenvalue weighted by Crippen LogP contribution is 2.27. The van der Waals surface area contributed by atoms with E-state index in [9.17, 15) is 9.59 Å². The minimum Gasteiger partial charge on any atom is -0.495 e. The fourth-order valence-electron chi connectivity index (χ4n) is 2.09. The van der Waals surface area contributed by atoms with E-state index in [2.05, 4.69) is 5.32 Å². The molecule has 7 heteroatoms. The lowest BCUT2D eigenvalue weighted by atomic mass is 10.2. The Morgan fingerprint density at radius 2 is 1.79 bits per heavy atom. The van der Waals surface area contributed by atoms with Crippen LogP contribution < -0.4 is 15.0 Å².